The molecular formula is C11H14ClNS. The van der Waals surface area contributed by atoms with Gasteiger partial charge in [-0.1, -0.05) is 23.3 Å². The number of thiophene rings is 1. The first-order valence-electron chi connectivity index (χ1n) is 4.94. The van der Waals surface area contributed by atoms with Crippen LogP contribution in [0.1, 0.15) is 36.6 Å². The van der Waals surface area contributed by atoms with Gasteiger partial charge in [0, 0.05) is 10.9 Å². The molecule has 1 aromatic rings. The van der Waals surface area contributed by atoms with Crippen LogP contribution in [0.3, 0.4) is 0 Å². The van der Waals surface area contributed by atoms with E-state index in [9.17, 15) is 0 Å². The summed E-state index contributed by atoms with van der Waals surface area (Å²) < 4.78 is 0.829. The third-order valence-corrected chi connectivity index (χ3v) is 3.94. The lowest BCUT2D eigenvalue weighted by Gasteiger charge is -2.09. The lowest BCUT2D eigenvalue weighted by atomic mass is 10.1. The van der Waals surface area contributed by atoms with Crippen LogP contribution < -0.4 is 5.73 Å². The molecule has 0 saturated carbocycles. The van der Waals surface area contributed by atoms with E-state index in [0.717, 1.165) is 10.8 Å². The molecule has 0 radical (unpaired) electrons. The van der Waals surface area contributed by atoms with Gasteiger partial charge >= 0.3 is 0 Å². The summed E-state index contributed by atoms with van der Waals surface area (Å²) in [6.07, 6.45) is 7.08. The first kappa shape index (κ1) is 10.2. The molecule has 0 aromatic carbocycles. The molecule has 0 saturated heterocycles. The van der Waals surface area contributed by atoms with Crippen LogP contribution in [0.4, 0.5) is 0 Å². The maximum Gasteiger partial charge on any atom is 0.0931 e. The van der Waals surface area contributed by atoms with Crippen LogP contribution in [-0.2, 0) is 0 Å². The number of allylic oxidation sites excluding steroid dienone is 1. The van der Waals surface area contributed by atoms with Crippen molar-refractivity contribution in [3.63, 3.8) is 0 Å². The Morgan fingerprint density at radius 1 is 1.50 bits per heavy atom. The Bertz CT molecular complexity index is 343. The minimum Gasteiger partial charge on any atom is -0.323 e. The molecular weight excluding hydrogens is 214 g/mol. The van der Waals surface area contributed by atoms with Gasteiger partial charge in [-0.15, -0.1) is 11.3 Å². The van der Waals surface area contributed by atoms with Crippen LogP contribution in [-0.4, -0.2) is 0 Å². The van der Waals surface area contributed by atoms with Crippen molar-refractivity contribution in [1.82, 2.24) is 0 Å². The Kier molecular flexibility index (Phi) is 3.26. The second-order valence-corrected chi connectivity index (χ2v) is 5.45. The number of hydrogen-bond acceptors (Lipinski definition) is 2. The van der Waals surface area contributed by atoms with Gasteiger partial charge in [0.25, 0.3) is 0 Å². The third-order valence-electron chi connectivity index (χ3n) is 2.58. The quantitative estimate of drug-likeness (QED) is 0.779. The van der Waals surface area contributed by atoms with Gasteiger partial charge in [-0.25, -0.2) is 0 Å². The summed E-state index contributed by atoms with van der Waals surface area (Å²) in [5.74, 6) is 0. The molecule has 14 heavy (non-hydrogen) atoms. The standard InChI is InChI=1S/C11H14ClNS/c12-11-6-5-10(14-11)9(13)7-8-3-1-2-4-8/h3,5-6,9H,1-2,4,7,13H2. The Balaban J connectivity index is 1.98. The number of rotatable bonds is 3. The summed E-state index contributed by atoms with van der Waals surface area (Å²) in [5, 5.41) is 0. The molecule has 1 unspecified atom stereocenters. The minimum absolute atomic E-state index is 0.136. The van der Waals surface area contributed by atoms with Crippen LogP contribution >= 0.6 is 22.9 Å². The highest BCUT2D eigenvalue weighted by molar-refractivity contribution is 7.16. The lowest BCUT2D eigenvalue weighted by molar-refractivity contribution is 0.709. The molecule has 76 valence electrons. The molecule has 1 nitrogen and oxygen atoms in total. The summed E-state index contributed by atoms with van der Waals surface area (Å²) in [4.78, 5) is 1.20. The molecule has 0 aliphatic heterocycles. The van der Waals surface area contributed by atoms with Gasteiger partial charge in [0.2, 0.25) is 0 Å². The highest BCUT2D eigenvalue weighted by Gasteiger charge is 2.13. The summed E-state index contributed by atoms with van der Waals surface area (Å²) >= 11 is 7.46. The topological polar surface area (TPSA) is 26.0 Å². The van der Waals surface area contributed by atoms with Crippen molar-refractivity contribution in [1.29, 1.82) is 0 Å². The molecule has 0 amide bonds. The van der Waals surface area contributed by atoms with Crippen LogP contribution in [0.5, 0.6) is 0 Å². The zero-order valence-electron chi connectivity index (χ0n) is 8.00. The first-order chi connectivity index (χ1) is 6.75. The highest BCUT2D eigenvalue weighted by atomic mass is 35.5. The Hall–Kier alpha value is -0.310. The summed E-state index contributed by atoms with van der Waals surface area (Å²) in [7, 11) is 0. The van der Waals surface area contributed by atoms with E-state index < -0.39 is 0 Å². The fraction of sp³-hybridized carbons (Fsp3) is 0.455. The second-order valence-electron chi connectivity index (χ2n) is 3.71. The van der Waals surface area contributed by atoms with Crippen molar-refractivity contribution in [2.45, 2.75) is 31.7 Å². The Labute approximate surface area is 93.6 Å². The average Bonchev–Trinajstić information content (AvgIpc) is 2.75. The van der Waals surface area contributed by atoms with Gasteiger partial charge in [0.1, 0.15) is 0 Å². The summed E-state index contributed by atoms with van der Waals surface area (Å²) in [6, 6.07) is 4.09. The number of hydrogen-bond donors (Lipinski definition) is 1. The smallest absolute Gasteiger partial charge is 0.0931 e. The zero-order chi connectivity index (χ0) is 9.97. The maximum atomic E-state index is 6.10. The lowest BCUT2D eigenvalue weighted by Crippen LogP contribution is -2.08. The first-order valence-corrected chi connectivity index (χ1v) is 6.14. The van der Waals surface area contributed by atoms with E-state index in [0.29, 0.717) is 0 Å². The number of halogens is 1. The van der Waals surface area contributed by atoms with Crippen molar-refractivity contribution >= 4 is 22.9 Å². The molecule has 2 N–H and O–H groups in total. The molecule has 0 spiro atoms. The molecule has 1 atom stereocenters. The van der Waals surface area contributed by atoms with E-state index in [1.54, 1.807) is 11.3 Å². The molecule has 1 aliphatic carbocycles. The normalized spacial score (nSPS) is 18.3. The van der Waals surface area contributed by atoms with E-state index >= 15 is 0 Å². The van der Waals surface area contributed by atoms with E-state index in [1.807, 2.05) is 12.1 Å². The number of nitrogens with two attached hydrogens (primary N) is 1. The van der Waals surface area contributed by atoms with E-state index in [2.05, 4.69) is 6.08 Å². The fourth-order valence-corrected chi connectivity index (χ4v) is 2.90. The second kappa shape index (κ2) is 4.47. The van der Waals surface area contributed by atoms with Crippen LogP contribution in [0, 0.1) is 0 Å². The van der Waals surface area contributed by atoms with Gasteiger partial charge in [-0.3, -0.25) is 0 Å². The van der Waals surface area contributed by atoms with Crippen molar-refractivity contribution in [2.24, 2.45) is 5.73 Å². The fourth-order valence-electron chi connectivity index (χ4n) is 1.83. The summed E-state index contributed by atoms with van der Waals surface area (Å²) in [6.45, 7) is 0. The molecule has 1 aliphatic rings. The average molecular weight is 228 g/mol. The SMILES string of the molecule is NC(CC1=CCCC1)c1ccc(Cl)s1. The van der Waals surface area contributed by atoms with Crippen molar-refractivity contribution in [3.05, 3.63) is 33.0 Å². The van der Waals surface area contributed by atoms with Crippen molar-refractivity contribution in [3.8, 4) is 0 Å². The van der Waals surface area contributed by atoms with Crippen LogP contribution in [0.25, 0.3) is 0 Å². The van der Waals surface area contributed by atoms with Gasteiger partial charge in [-0.2, -0.15) is 0 Å². The van der Waals surface area contributed by atoms with Gasteiger partial charge in [0.15, 0.2) is 0 Å². The van der Waals surface area contributed by atoms with E-state index in [4.69, 9.17) is 17.3 Å². The maximum absolute atomic E-state index is 6.10. The highest BCUT2D eigenvalue weighted by Crippen LogP contribution is 2.31. The third kappa shape index (κ3) is 2.38. The molecule has 0 fully saturated rings. The monoisotopic (exact) mass is 227 g/mol. The minimum atomic E-state index is 0.136. The molecule has 1 heterocycles. The summed E-state index contributed by atoms with van der Waals surface area (Å²) in [5.41, 5.74) is 7.61. The van der Waals surface area contributed by atoms with E-state index in [-0.39, 0.29) is 6.04 Å². The Morgan fingerprint density at radius 3 is 2.93 bits per heavy atom. The predicted molar refractivity (Wildman–Crippen MR) is 62.8 cm³/mol. The molecule has 0 bridgehead atoms. The van der Waals surface area contributed by atoms with Gasteiger partial charge < -0.3 is 5.73 Å². The van der Waals surface area contributed by atoms with Gasteiger partial charge in [-0.05, 0) is 37.8 Å². The van der Waals surface area contributed by atoms with Crippen molar-refractivity contribution in [2.75, 3.05) is 0 Å². The molecule has 2 rings (SSSR count). The van der Waals surface area contributed by atoms with Crippen LogP contribution in [0.2, 0.25) is 4.34 Å². The predicted octanol–water partition coefficient (Wildman–Crippen LogP) is 3.90. The largest absolute Gasteiger partial charge is 0.323 e. The van der Waals surface area contributed by atoms with Crippen LogP contribution in [0.15, 0.2) is 23.8 Å². The molecule has 3 heteroatoms. The zero-order valence-corrected chi connectivity index (χ0v) is 9.57. The van der Waals surface area contributed by atoms with Gasteiger partial charge in [0.05, 0.1) is 4.34 Å². The Morgan fingerprint density at radius 2 is 2.36 bits per heavy atom. The molecule has 1 aromatic heterocycles. The van der Waals surface area contributed by atoms with Crippen molar-refractivity contribution < 1.29 is 0 Å². The van der Waals surface area contributed by atoms with E-state index in [1.165, 1.54) is 29.7 Å².